The Kier molecular flexibility index (Phi) is 7.31. The second kappa shape index (κ2) is 9.93. The van der Waals surface area contributed by atoms with E-state index in [4.69, 9.17) is 0 Å². The summed E-state index contributed by atoms with van der Waals surface area (Å²) in [6.07, 6.45) is 3.17. The first kappa shape index (κ1) is 22.1. The molecule has 30 heavy (non-hydrogen) atoms. The van der Waals surface area contributed by atoms with Crippen molar-refractivity contribution in [2.75, 3.05) is 26.7 Å². The standard InChI is InChI=1S/C26H32N2O2/c1-26(2,30)16-14-22-11-7-12-23(19-22)25(29)27(3)24-13-8-17-28(20-24)18-15-21-9-5-4-6-10-21/h4-7,9-12,19,24,30H,8,13,15,17-18,20H2,1-3H3/t24-/m0/s1. The summed E-state index contributed by atoms with van der Waals surface area (Å²) < 4.78 is 0. The topological polar surface area (TPSA) is 43.8 Å². The molecular formula is C26H32N2O2. The van der Waals surface area contributed by atoms with Crippen LogP contribution in [0.2, 0.25) is 0 Å². The predicted octanol–water partition coefficient (Wildman–Crippen LogP) is 3.59. The minimum Gasteiger partial charge on any atom is -0.378 e. The highest BCUT2D eigenvalue weighted by Crippen LogP contribution is 2.18. The Morgan fingerprint density at radius 2 is 1.97 bits per heavy atom. The minimum absolute atomic E-state index is 0.0248. The van der Waals surface area contributed by atoms with Crippen molar-refractivity contribution in [3.05, 3.63) is 71.3 Å². The van der Waals surface area contributed by atoms with E-state index in [1.54, 1.807) is 13.8 Å². The van der Waals surface area contributed by atoms with E-state index in [2.05, 4.69) is 41.0 Å². The summed E-state index contributed by atoms with van der Waals surface area (Å²) in [7, 11) is 1.91. The first-order chi connectivity index (χ1) is 14.3. The van der Waals surface area contributed by atoms with Crippen LogP contribution < -0.4 is 0 Å². The molecule has 2 aromatic carbocycles. The van der Waals surface area contributed by atoms with Crippen LogP contribution in [-0.2, 0) is 6.42 Å². The molecule has 4 nitrogen and oxygen atoms in total. The quantitative estimate of drug-likeness (QED) is 0.775. The van der Waals surface area contributed by atoms with Crippen molar-refractivity contribution in [1.29, 1.82) is 0 Å². The highest BCUT2D eigenvalue weighted by molar-refractivity contribution is 5.94. The van der Waals surface area contributed by atoms with Gasteiger partial charge in [0, 0.05) is 37.3 Å². The van der Waals surface area contributed by atoms with Gasteiger partial charge in [0.1, 0.15) is 5.60 Å². The molecule has 1 saturated heterocycles. The van der Waals surface area contributed by atoms with Crippen molar-refractivity contribution in [2.45, 2.75) is 44.8 Å². The maximum Gasteiger partial charge on any atom is 0.253 e. The number of rotatable bonds is 5. The van der Waals surface area contributed by atoms with Crippen molar-refractivity contribution in [1.82, 2.24) is 9.80 Å². The lowest BCUT2D eigenvalue weighted by molar-refractivity contribution is 0.0619. The number of aliphatic hydroxyl groups is 1. The van der Waals surface area contributed by atoms with Gasteiger partial charge >= 0.3 is 0 Å². The van der Waals surface area contributed by atoms with E-state index in [9.17, 15) is 9.90 Å². The van der Waals surface area contributed by atoms with Gasteiger partial charge in [0.05, 0.1) is 0 Å². The van der Waals surface area contributed by atoms with Crippen LogP contribution in [0.1, 0.15) is 48.2 Å². The maximum absolute atomic E-state index is 13.1. The van der Waals surface area contributed by atoms with Crippen LogP contribution in [0.15, 0.2) is 54.6 Å². The van der Waals surface area contributed by atoms with Crippen LogP contribution in [0.5, 0.6) is 0 Å². The summed E-state index contributed by atoms with van der Waals surface area (Å²) in [4.78, 5) is 17.4. The largest absolute Gasteiger partial charge is 0.378 e. The van der Waals surface area contributed by atoms with Gasteiger partial charge in [-0.1, -0.05) is 48.2 Å². The van der Waals surface area contributed by atoms with Gasteiger partial charge in [-0.05, 0) is 63.4 Å². The molecule has 0 radical (unpaired) electrons. The molecule has 0 aromatic heterocycles. The van der Waals surface area contributed by atoms with E-state index in [0.717, 1.165) is 44.5 Å². The molecule has 1 atom stereocenters. The number of hydrogen-bond donors (Lipinski definition) is 1. The van der Waals surface area contributed by atoms with Gasteiger partial charge < -0.3 is 14.9 Å². The average Bonchev–Trinajstić information content (AvgIpc) is 2.76. The molecule has 3 rings (SSSR count). The van der Waals surface area contributed by atoms with E-state index in [0.29, 0.717) is 5.56 Å². The SMILES string of the molecule is CN(C(=O)c1cccc(C#CC(C)(C)O)c1)[C@H]1CCCN(CCc2ccccc2)C1. The number of benzene rings is 2. The molecule has 0 saturated carbocycles. The summed E-state index contributed by atoms with van der Waals surface area (Å²) in [6.45, 7) is 6.32. The van der Waals surface area contributed by atoms with Gasteiger partial charge in [0.25, 0.3) is 5.91 Å². The van der Waals surface area contributed by atoms with E-state index >= 15 is 0 Å². The normalized spacial score (nSPS) is 17.1. The zero-order valence-electron chi connectivity index (χ0n) is 18.3. The van der Waals surface area contributed by atoms with Crippen LogP contribution in [-0.4, -0.2) is 59.1 Å². The molecular weight excluding hydrogens is 372 g/mol. The number of amides is 1. The van der Waals surface area contributed by atoms with Crippen LogP contribution >= 0.6 is 0 Å². The molecule has 0 spiro atoms. The maximum atomic E-state index is 13.1. The Morgan fingerprint density at radius 1 is 1.20 bits per heavy atom. The molecule has 1 aliphatic heterocycles. The van der Waals surface area contributed by atoms with E-state index in [1.165, 1.54) is 5.56 Å². The highest BCUT2D eigenvalue weighted by atomic mass is 16.3. The lowest BCUT2D eigenvalue weighted by Gasteiger charge is -2.37. The molecule has 0 bridgehead atoms. The van der Waals surface area contributed by atoms with Gasteiger partial charge in [-0.15, -0.1) is 0 Å². The van der Waals surface area contributed by atoms with Crippen molar-refractivity contribution in [3.8, 4) is 11.8 Å². The van der Waals surface area contributed by atoms with Crippen molar-refractivity contribution < 1.29 is 9.90 Å². The first-order valence-corrected chi connectivity index (χ1v) is 10.7. The molecule has 2 aromatic rings. The number of likely N-dealkylation sites (N-methyl/N-ethyl adjacent to an activating group) is 1. The Bertz CT molecular complexity index is 906. The van der Waals surface area contributed by atoms with Gasteiger partial charge in [-0.25, -0.2) is 0 Å². The Balaban J connectivity index is 1.61. The van der Waals surface area contributed by atoms with Crippen molar-refractivity contribution in [2.24, 2.45) is 0 Å². The van der Waals surface area contributed by atoms with Crippen LogP contribution in [0.3, 0.4) is 0 Å². The molecule has 0 unspecified atom stereocenters. The Morgan fingerprint density at radius 3 is 2.70 bits per heavy atom. The van der Waals surface area contributed by atoms with Gasteiger partial charge in [-0.3, -0.25) is 4.79 Å². The molecule has 158 valence electrons. The predicted molar refractivity (Wildman–Crippen MR) is 121 cm³/mol. The summed E-state index contributed by atoms with van der Waals surface area (Å²) >= 11 is 0. The van der Waals surface area contributed by atoms with E-state index < -0.39 is 5.60 Å². The van der Waals surface area contributed by atoms with Crippen LogP contribution in [0, 0.1) is 11.8 Å². The van der Waals surface area contributed by atoms with Gasteiger partial charge in [0.2, 0.25) is 0 Å². The zero-order chi connectivity index (χ0) is 21.6. The van der Waals surface area contributed by atoms with E-state index in [1.807, 2.05) is 42.3 Å². The first-order valence-electron chi connectivity index (χ1n) is 10.7. The fraction of sp³-hybridized carbons (Fsp3) is 0.423. The van der Waals surface area contributed by atoms with Crippen molar-refractivity contribution >= 4 is 5.91 Å². The zero-order valence-corrected chi connectivity index (χ0v) is 18.3. The number of likely N-dealkylation sites (tertiary alicyclic amines) is 1. The fourth-order valence-electron chi connectivity index (χ4n) is 3.81. The third-order valence-corrected chi connectivity index (χ3v) is 5.53. The second-order valence-electron chi connectivity index (χ2n) is 8.64. The Labute approximate surface area is 180 Å². The molecule has 1 N–H and O–H groups in total. The molecule has 1 aliphatic rings. The molecule has 0 aliphatic carbocycles. The number of hydrogen-bond acceptors (Lipinski definition) is 3. The fourth-order valence-corrected chi connectivity index (χ4v) is 3.81. The number of nitrogens with zero attached hydrogens (tertiary/aromatic N) is 2. The average molecular weight is 405 g/mol. The van der Waals surface area contributed by atoms with Gasteiger partial charge in [0.15, 0.2) is 0 Å². The lowest BCUT2D eigenvalue weighted by Crippen LogP contribution is -2.49. The molecule has 4 heteroatoms. The van der Waals surface area contributed by atoms with Crippen LogP contribution in [0.25, 0.3) is 0 Å². The third kappa shape index (κ3) is 6.45. The summed E-state index contributed by atoms with van der Waals surface area (Å²) in [6, 6.07) is 18.1. The van der Waals surface area contributed by atoms with Crippen molar-refractivity contribution in [3.63, 3.8) is 0 Å². The summed E-state index contributed by atoms with van der Waals surface area (Å²) in [5, 5.41) is 9.80. The number of piperidine rings is 1. The third-order valence-electron chi connectivity index (χ3n) is 5.53. The van der Waals surface area contributed by atoms with Gasteiger partial charge in [-0.2, -0.15) is 0 Å². The molecule has 1 amide bonds. The number of carbonyl (C=O) groups excluding carboxylic acids is 1. The second-order valence-corrected chi connectivity index (χ2v) is 8.64. The monoisotopic (exact) mass is 404 g/mol. The molecule has 1 heterocycles. The molecule has 1 fully saturated rings. The minimum atomic E-state index is -1.05. The smallest absolute Gasteiger partial charge is 0.253 e. The van der Waals surface area contributed by atoms with E-state index in [-0.39, 0.29) is 11.9 Å². The Hall–Kier alpha value is -2.61. The summed E-state index contributed by atoms with van der Waals surface area (Å²) in [5.41, 5.74) is 1.68. The van der Waals surface area contributed by atoms with Crippen LogP contribution in [0.4, 0.5) is 0 Å². The number of carbonyl (C=O) groups is 1. The lowest BCUT2D eigenvalue weighted by atomic mass is 10.0. The highest BCUT2D eigenvalue weighted by Gasteiger charge is 2.26. The summed E-state index contributed by atoms with van der Waals surface area (Å²) in [5.74, 6) is 5.79.